The summed E-state index contributed by atoms with van der Waals surface area (Å²) in [7, 11) is 0. The first-order valence-corrected chi connectivity index (χ1v) is 4.77. The molecule has 0 amide bonds. The molecule has 13 heavy (non-hydrogen) atoms. The van der Waals surface area contributed by atoms with Crippen LogP contribution in [0.5, 0.6) is 0 Å². The summed E-state index contributed by atoms with van der Waals surface area (Å²) >= 11 is 0. The zero-order valence-corrected chi connectivity index (χ0v) is 8.09. The molecule has 2 N–H and O–H groups in total. The van der Waals surface area contributed by atoms with Crippen LogP contribution < -0.4 is 10.6 Å². The molecule has 0 spiro atoms. The van der Waals surface area contributed by atoms with Crippen molar-refractivity contribution in [1.82, 2.24) is 4.98 Å². The first-order valence-electron chi connectivity index (χ1n) is 4.77. The molecule has 70 valence electrons. The highest BCUT2D eigenvalue weighted by atomic mass is 15.1. The quantitative estimate of drug-likeness (QED) is 0.689. The van der Waals surface area contributed by atoms with E-state index in [0.29, 0.717) is 6.04 Å². The number of pyridine rings is 1. The summed E-state index contributed by atoms with van der Waals surface area (Å²) in [5.41, 5.74) is 2.18. The van der Waals surface area contributed by atoms with Crippen molar-refractivity contribution >= 4 is 11.5 Å². The van der Waals surface area contributed by atoms with E-state index in [1.807, 2.05) is 13.0 Å². The molecule has 0 saturated carbocycles. The summed E-state index contributed by atoms with van der Waals surface area (Å²) in [6.45, 7) is 5.19. The molecule has 0 saturated heterocycles. The van der Waals surface area contributed by atoms with Crippen molar-refractivity contribution < 1.29 is 0 Å². The molecule has 1 aromatic rings. The van der Waals surface area contributed by atoms with Crippen LogP contribution in [0, 0.1) is 6.92 Å². The topological polar surface area (TPSA) is 37.0 Å². The Morgan fingerprint density at radius 2 is 2.38 bits per heavy atom. The summed E-state index contributed by atoms with van der Waals surface area (Å²) < 4.78 is 0. The fourth-order valence-electron chi connectivity index (χ4n) is 1.53. The molecule has 1 aliphatic heterocycles. The van der Waals surface area contributed by atoms with Crippen molar-refractivity contribution in [3.05, 3.63) is 17.8 Å². The number of rotatable bonds is 1. The van der Waals surface area contributed by atoms with Gasteiger partial charge in [0.1, 0.15) is 5.82 Å². The molecule has 0 aliphatic carbocycles. The Morgan fingerprint density at radius 3 is 3.15 bits per heavy atom. The lowest BCUT2D eigenvalue weighted by molar-refractivity contribution is 0.707. The number of hydrogen-bond acceptors (Lipinski definition) is 3. The smallest absolute Gasteiger partial charge is 0.149 e. The van der Waals surface area contributed by atoms with E-state index in [-0.39, 0.29) is 0 Å². The number of hydrogen-bond donors (Lipinski definition) is 2. The highest BCUT2D eigenvalue weighted by Crippen LogP contribution is 2.24. The van der Waals surface area contributed by atoms with Gasteiger partial charge in [0.25, 0.3) is 0 Å². The van der Waals surface area contributed by atoms with Crippen LogP contribution in [-0.2, 0) is 0 Å². The van der Waals surface area contributed by atoms with E-state index in [1.54, 1.807) is 0 Å². The molecule has 0 aromatic carbocycles. The Bertz CT molecular complexity index is 309. The maximum atomic E-state index is 4.44. The van der Waals surface area contributed by atoms with Gasteiger partial charge < -0.3 is 10.6 Å². The van der Waals surface area contributed by atoms with Crippen molar-refractivity contribution in [2.75, 3.05) is 17.2 Å². The van der Waals surface area contributed by atoms with Crippen LogP contribution in [-0.4, -0.2) is 17.6 Å². The molecule has 0 fully saturated rings. The highest BCUT2D eigenvalue weighted by Gasteiger charge is 2.15. The molecular weight excluding hydrogens is 162 g/mol. The largest absolute Gasteiger partial charge is 0.380 e. The molecule has 1 unspecified atom stereocenters. The molecule has 0 bridgehead atoms. The van der Waals surface area contributed by atoms with Gasteiger partial charge in [-0.3, -0.25) is 0 Å². The minimum Gasteiger partial charge on any atom is -0.380 e. The molecule has 1 aliphatic rings. The van der Waals surface area contributed by atoms with Gasteiger partial charge in [0.2, 0.25) is 0 Å². The number of aryl methyl sites for hydroxylation is 1. The number of anilines is 2. The number of nitrogens with one attached hydrogen (secondary N) is 2. The van der Waals surface area contributed by atoms with Gasteiger partial charge in [-0.1, -0.05) is 6.92 Å². The fraction of sp³-hybridized carbons (Fsp3) is 0.500. The van der Waals surface area contributed by atoms with Gasteiger partial charge in [-0.2, -0.15) is 0 Å². The van der Waals surface area contributed by atoms with Crippen molar-refractivity contribution in [2.24, 2.45) is 0 Å². The van der Waals surface area contributed by atoms with Gasteiger partial charge in [0.15, 0.2) is 0 Å². The Balaban J connectivity index is 2.27. The molecule has 0 radical (unpaired) electrons. The summed E-state index contributed by atoms with van der Waals surface area (Å²) in [5, 5.41) is 6.78. The number of aromatic nitrogens is 1. The van der Waals surface area contributed by atoms with Crippen LogP contribution in [0.15, 0.2) is 12.1 Å². The lowest BCUT2D eigenvalue weighted by Gasteiger charge is -2.26. The third-order valence-corrected chi connectivity index (χ3v) is 2.41. The lowest BCUT2D eigenvalue weighted by Crippen LogP contribution is -2.32. The van der Waals surface area contributed by atoms with E-state index in [0.717, 1.165) is 30.2 Å². The normalized spacial score (nSPS) is 20.0. The van der Waals surface area contributed by atoms with Crippen molar-refractivity contribution in [3.63, 3.8) is 0 Å². The van der Waals surface area contributed by atoms with Crippen LogP contribution in [0.3, 0.4) is 0 Å². The lowest BCUT2D eigenvalue weighted by atomic mass is 10.1. The van der Waals surface area contributed by atoms with Crippen molar-refractivity contribution in [3.8, 4) is 0 Å². The van der Waals surface area contributed by atoms with E-state index in [2.05, 4.69) is 28.6 Å². The first-order chi connectivity index (χ1) is 6.29. The third-order valence-electron chi connectivity index (χ3n) is 2.41. The zero-order valence-electron chi connectivity index (χ0n) is 8.09. The summed E-state index contributed by atoms with van der Waals surface area (Å²) in [6.07, 6.45) is 1.13. The van der Waals surface area contributed by atoms with Gasteiger partial charge in [-0.25, -0.2) is 4.98 Å². The highest BCUT2D eigenvalue weighted by molar-refractivity contribution is 5.67. The first kappa shape index (κ1) is 8.35. The minimum absolute atomic E-state index is 0.516. The van der Waals surface area contributed by atoms with Gasteiger partial charge in [0, 0.05) is 18.3 Å². The Hall–Kier alpha value is -1.25. The summed E-state index contributed by atoms with van der Waals surface area (Å²) in [4.78, 5) is 4.44. The summed E-state index contributed by atoms with van der Waals surface area (Å²) in [6, 6.07) is 4.62. The molecule has 3 nitrogen and oxygen atoms in total. The monoisotopic (exact) mass is 177 g/mol. The second kappa shape index (κ2) is 3.24. The van der Waals surface area contributed by atoms with E-state index in [1.165, 1.54) is 0 Å². The maximum Gasteiger partial charge on any atom is 0.149 e. The second-order valence-corrected chi connectivity index (χ2v) is 3.48. The molecule has 2 heterocycles. The Labute approximate surface area is 78.6 Å². The van der Waals surface area contributed by atoms with Gasteiger partial charge in [-0.05, 0) is 25.5 Å². The van der Waals surface area contributed by atoms with Gasteiger partial charge >= 0.3 is 0 Å². The van der Waals surface area contributed by atoms with E-state index in [9.17, 15) is 0 Å². The Kier molecular flexibility index (Phi) is 2.08. The van der Waals surface area contributed by atoms with Crippen LogP contribution in [0.2, 0.25) is 0 Å². The van der Waals surface area contributed by atoms with E-state index >= 15 is 0 Å². The molecule has 2 rings (SSSR count). The van der Waals surface area contributed by atoms with Crippen LogP contribution in [0.4, 0.5) is 11.5 Å². The predicted octanol–water partition coefficient (Wildman–Crippen LogP) is 2.01. The van der Waals surface area contributed by atoms with Crippen LogP contribution in [0.1, 0.15) is 19.0 Å². The van der Waals surface area contributed by atoms with E-state index in [4.69, 9.17) is 0 Å². The Morgan fingerprint density at radius 1 is 1.54 bits per heavy atom. The van der Waals surface area contributed by atoms with Crippen molar-refractivity contribution in [1.29, 1.82) is 0 Å². The molecule has 1 atom stereocenters. The van der Waals surface area contributed by atoms with Crippen LogP contribution >= 0.6 is 0 Å². The zero-order chi connectivity index (χ0) is 9.26. The van der Waals surface area contributed by atoms with Crippen molar-refractivity contribution in [2.45, 2.75) is 26.3 Å². The maximum absolute atomic E-state index is 4.44. The molecular formula is C10H15N3. The average Bonchev–Trinajstić information content (AvgIpc) is 2.16. The third kappa shape index (κ3) is 1.59. The minimum atomic E-state index is 0.516. The predicted molar refractivity (Wildman–Crippen MR) is 55.2 cm³/mol. The summed E-state index contributed by atoms with van der Waals surface area (Å²) in [5.74, 6) is 0.998. The standard InChI is InChI=1S/C10H15N3/c1-3-8-6-11-9-5-4-7(2)12-10(9)13-8/h4-5,8,11H,3,6H2,1-2H3,(H,12,13). The van der Waals surface area contributed by atoms with Gasteiger partial charge in [0.05, 0.1) is 5.69 Å². The molecule has 1 aromatic heterocycles. The molecule has 3 heteroatoms. The van der Waals surface area contributed by atoms with E-state index < -0.39 is 0 Å². The number of nitrogens with zero attached hydrogens (tertiary/aromatic N) is 1. The second-order valence-electron chi connectivity index (χ2n) is 3.48. The average molecular weight is 177 g/mol. The SMILES string of the molecule is CCC1CNc2ccc(C)nc2N1. The number of fused-ring (bicyclic) bond motifs is 1. The van der Waals surface area contributed by atoms with Gasteiger partial charge in [-0.15, -0.1) is 0 Å². The fourth-order valence-corrected chi connectivity index (χ4v) is 1.53. The van der Waals surface area contributed by atoms with Crippen LogP contribution in [0.25, 0.3) is 0 Å².